The molecule has 0 bridgehead atoms. The van der Waals surface area contributed by atoms with Gasteiger partial charge in [-0.25, -0.2) is 4.98 Å². The van der Waals surface area contributed by atoms with E-state index in [1.807, 2.05) is 18.2 Å². The highest BCUT2D eigenvalue weighted by atomic mass is 32.2. The van der Waals surface area contributed by atoms with Crippen molar-refractivity contribution in [2.75, 3.05) is 12.4 Å². The zero-order valence-corrected chi connectivity index (χ0v) is 12.5. The van der Waals surface area contributed by atoms with Crippen molar-refractivity contribution in [3.05, 3.63) is 48.5 Å². The Labute approximate surface area is 125 Å². The van der Waals surface area contributed by atoms with Gasteiger partial charge in [-0.2, -0.15) is 0 Å². The number of pyridine rings is 1. The molecule has 0 spiro atoms. The molecule has 3 aromatic rings. The van der Waals surface area contributed by atoms with Crippen LogP contribution in [0.2, 0.25) is 0 Å². The lowest BCUT2D eigenvalue weighted by Gasteiger charge is -1.99. The van der Waals surface area contributed by atoms with E-state index in [4.69, 9.17) is 4.98 Å². The fourth-order valence-corrected chi connectivity index (χ4v) is 4.12. The van der Waals surface area contributed by atoms with Crippen LogP contribution in [0.4, 0.5) is 4.39 Å². The lowest BCUT2D eigenvalue weighted by Crippen LogP contribution is -1.81. The van der Waals surface area contributed by atoms with Gasteiger partial charge in [0.1, 0.15) is 4.83 Å². The van der Waals surface area contributed by atoms with Crippen LogP contribution < -0.4 is 0 Å². The number of hydrogen-bond acceptors (Lipinski definition) is 3. The van der Waals surface area contributed by atoms with Crippen LogP contribution in [0.25, 0.3) is 21.5 Å². The van der Waals surface area contributed by atoms with Gasteiger partial charge in [-0.05, 0) is 24.6 Å². The summed E-state index contributed by atoms with van der Waals surface area (Å²) in [5.41, 5.74) is 2.13. The van der Waals surface area contributed by atoms with Crippen LogP contribution in [0.15, 0.2) is 52.7 Å². The Morgan fingerprint density at radius 3 is 2.75 bits per heavy atom. The number of halogens is 1. The quantitative estimate of drug-likeness (QED) is 0.461. The van der Waals surface area contributed by atoms with Crippen molar-refractivity contribution in [2.24, 2.45) is 0 Å². The van der Waals surface area contributed by atoms with Crippen LogP contribution in [0.1, 0.15) is 6.42 Å². The molecule has 1 nitrogen and oxygen atoms in total. The normalized spacial score (nSPS) is 11.1. The molecule has 0 fully saturated rings. The van der Waals surface area contributed by atoms with Crippen LogP contribution in [-0.2, 0) is 0 Å². The third kappa shape index (κ3) is 3.02. The summed E-state index contributed by atoms with van der Waals surface area (Å²) in [5.74, 6) is 0.828. The molecule has 0 unspecified atom stereocenters. The standard InChI is InChI=1S/C16H14FNS2/c17-9-4-10-19-15-11-13-7-8-14(18-16(13)20-15)12-5-2-1-3-6-12/h1-3,5-8,11H,4,9-10H2. The number of nitrogens with zero attached hydrogens (tertiary/aromatic N) is 1. The predicted octanol–water partition coefficient (Wildman–Crippen LogP) is 5.42. The second kappa shape index (κ2) is 6.37. The maximum atomic E-state index is 12.1. The topological polar surface area (TPSA) is 12.9 Å². The molecular formula is C16H14FNS2. The SMILES string of the molecule is FCCCSc1cc2ccc(-c3ccccc3)nc2s1. The molecule has 2 aromatic heterocycles. The molecule has 2 heterocycles. The molecule has 0 saturated carbocycles. The Hall–Kier alpha value is -1.39. The van der Waals surface area contributed by atoms with Gasteiger partial charge in [-0.3, -0.25) is 4.39 Å². The minimum atomic E-state index is -0.242. The molecule has 20 heavy (non-hydrogen) atoms. The van der Waals surface area contributed by atoms with Crippen LogP contribution in [0.3, 0.4) is 0 Å². The largest absolute Gasteiger partial charge is 0.251 e. The molecule has 102 valence electrons. The minimum Gasteiger partial charge on any atom is -0.251 e. The second-order valence-electron chi connectivity index (χ2n) is 4.41. The highest BCUT2D eigenvalue weighted by Crippen LogP contribution is 2.33. The Bertz CT molecular complexity index is 694. The highest BCUT2D eigenvalue weighted by molar-refractivity contribution is 8.01. The number of thioether (sulfide) groups is 1. The first kappa shape index (κ1) is 13.6. The number of alkyl halides is 1. The van der Waals surface area contributed by atoms with Gasteiger partial charge in [0, 0.05) is 16.7 Å². The van der Waals surface area contributed by atoms with E-state index in [9.17, 15) is 4.39 Å². The van der Waals surface area contributed by atoms with Gasteiger partial charge in [-0.15, -0.1) is 23.1 Å². The van der Waals surface area contributed by atoms with Gasteiger partial charge in [0.2, 0.25) is 0 Å². The van der Waals surface area contributed by atoms with Gasteiger partial charge >= 0.3 is 0 Å². The first-order chi connectivity index (χ1) is 9.86. The Balaban J connectivity index is 1.88. The van der Waals surface area contributed by atoms with E-state index in [0.29, 0.717) is 6.42 Å². The lowest BCUT2D eigenvalue weighted by molar-refractivity contribution is 0.489. The summed E-state index contributed by atoms with van der Waals surface area (Å²) in [4.78, 5) is 5.78. The van der Waals surface area contributed by atoms with Gasteiger partial charge in [0.15, 0.2) is 0 Å². The smallest absolute Gasteiger partial charge is 0.125 e. The summed E-state index contributed by atoms with van der Waals surface area (Å²) in [6, 6.07) is 16.5. The molecule has 0 saturated heterocycles. The molecule has 3 rings (SSSR count). The molecule has 0 amide bonds. The molecule has 0 aliphatic carbocycles. The van der Waals surface area contributed by atoms with Gasteiger partial charge < -0.3 is 0 Å². The van der Waals surface area contributed by atoms with Crippen molar-refractivity contribution in [3.8, 4) is 11.3 Å². The zero-order valence-electron chi connectivity index (χ0n) is 10.9. The minimum absolute atomic E-state index is 0.242. The molecule has 0 aliphatic heterocycles. The van der Waals surface area contributed by atoms with Crippen molar-refractivity contribution in [1.29, 1.82) is 0 Å². The van der Waals surface area contributed by atoms with Crippen molar-refractivity contribution < 1.29 is 4.39 Å². The van der Waals surface area contributed by atoms with E-state index in [2.05, 4.69) is 30.3 Å². The molecule has 0 aliphatic rings. The Morgan fingerprint density at radius 2 is 1.95 bits per heavy atom. The monoisotopic (exact) mass is 303 g/mol. The molecule has 4 heteroatoms. The summed E-state index contributed by atoms with van der Waals surface area (Å²) in [6.45, 7) is -0.242. The third-order valence-electron chi connectivity index (χ3n) is 2.95. The summed E-state index contributed by atoms with van der Waals surface area (Å²) in [5, 5.41) is 1.16. The van der Waals surface area contributed by atoms with Gasteiger partial charge in [0.05, 0.1) is 16.6 Å². The number of benzene rings is 1. The molecule has 0 N–H and O–H groups in total. The average Bonchev–Trinajstić information content (AvgIpc) is 2.90. The van der Waals surface area contributed by atoms with E-state index < -0.39 is 0 Å². The molecule has 0 radical (unpaired) electrons. The van der Waals surface area contributed by atoms with Crippen LogP contribution in [0, 0.1) is 0 Å². The summed E-state index contributed by atoms with van der Waals surface area (Å²) >= 11 is 3.40. The first-order valence-corrected chi connectivity index (χ1v) is 8.32. The molecule has 0 atom stereocenters. The number of rotatable bonds is 5. The number of thiophene rings is 1. The summed E-state index contributed by atoms with van der Waals surface area (Å²) in [6.07, 6.45) is 0.613. The number of aromatic nitrogens is 1. The van der Waals surface area contributed by atoms with E-state index >= 15 is 0 Å². The number of hydrogen-bond donors (Lipinski definition) is 0. The zero-order chi connectivity index (χ0) is 13.8. The fraction of sp³-hybridized carbons (Fsp3) is 0.188. The Morgan fingerprint density at radius 1 is 1.10 bits per heavy atom. The van der Waals surface area contributed by atoms with Crippen molar-refractivity contribution >= 4 is 33.3 Å². The third-order valence-corrected chi connectivity index (χ3v) is 5.29. The maximum Gasteiger partial charge on any atom is 0.125 e. The Kier molecular flexibility index (Phi) is 4.33. The predicted molar refractivity (Wildman–Crippen MR) is 86.4 cm³/mol. The van der Waals surface area contributed by atoms with E-state index in [1.54, 1.807) is 23.1 Å². The van der Waals surface area contributed by atoms with Crippen molar-refractivity contribution in [1.82, 2.24) is 4.98 Å². The second-order valence-corrected chi connectivity index (χ2v) is 6.84. The first-order valence-electron chi connectivity index (χ1n) is 6.51. The van der Waals surface area contributed by atoms with E-state index in [0.717, 1.165) is 27.2 Å². The van der Waals surface area contributed by atoms with Crippen molar-refractivity contribution in [3.63, 3.8) is 0 Å². The highest BCUT2D eigenvalue weighted by Gasteiger charge is 2.06. The summed E-state index contributed by atoms with van der Waals surface area (Å²) in [7, 11) is 0. The van der Waals surface area contributed by atoms with Gasteiger partial charge in [-0.1, -0.05) is 30.3 Å². The average molecular weight is 303 g/mol. The van der Waals surface area contributed by atoms with Crippen LogP contribution in [0.5, 0.6) is 0 Å². The molecule has 1 aromatic carbocycles. The lowest BCUT2D eigenvalue weighted by atomic mass is 10.1. The van der Waals surface area contributed by atoms with Gasteiger partial charge in [0.25, 0.3) is 0 Å². The van der Waals surface area contributed by atoms with Crippen molar-refractivity contribution in [2.45, 2.75) is 10.6 Å². The summed E-state index contributed by atoms with van der Waals surface area (Å²) < 4.78 is 13.3. The van der Waals surface area contributed by atoms with E-state index in [1.165, 1.54) is 4.21 Å². The van der Waals surface area contributed by atoms with E-state index in [-0.39, 0.29) is 6.67 Å². The fourth-order valence-electron chi connectivity index (χ4n) is 1.96. The molecular weight excluding hydrogens is 289 g/mol. The van der Waals surface area contributed by atoms with Crippen LogP contribution >= 0.6 is 23.1 Å². The maximum absolute atomic E-state index is 12.1. The number of fused-ring (bicyclic) bond motifs is 1. The van der Waals surface area contributed by atoms with Crippen LogP contribution in [-0.4, -0.2) is 17.4 Å².